The van der Waals surface area contributed by atoms with E-state index in [4.69, 9.17) is 0 Å². The Labute approximate surface area is 147 Å². The number of carbonyl (C=O) groups is 2. The third-order valence-corrected chi connectivity index (χ3v) is 6.34. The minimum atomic E-state index is -0.344. The van der Waals surface area contributed by atoms with Crippen LogP contribution in [0.15, 0.2) is 24.3 Å². The first-order valence-corrected chi connectivity index (χ1v) is 9.36. The quantitative estimate of drug-likeness (QED) is 0.870. The van der Waals surface area contributed by atoms with Crippen LogP contribution < -0.4 is 0 Å². The predicted molar refractivity (Wildman–Crippen MR) is 95.0 cm³/mol. The lowest BCUT2D eigenvalue weighted by Gasteiger charge is -2.47. The lowest BCUT2D eigenvalue weighted by molar-refractivity contribution is -0.161. The van der Waals surface area contributed by atoms with Crippen molar-refractivity contribution in [2.75, 3.05) is 6.54 Å². The summed E-state index contributed by atoms with van der Waals surface area (Å²) in [6.07, 6.45) is 5.04. The highest BCUT2D eigenvalue weighted by molar-refractivity contribution is 5.97. The van der Waals surface area contributed by atoms with Crippen LogP contribution in [0, 0.1) is 0 Å². The third-order valence-electron chi connectivity index (χ3n) is 6.34. The first-order chi connectivity index (χ1) is 12.1. The highest BCUT2D eigenvalue weighted by atomic mass is 16.2. The molecule has 5 nitrogen and oxygen atoms in total. The van der Waals surface area contributed by atoms with E-state index in [2.05, 4.69) is 17.1 Å². The number of hydrogen-bond acceptors (Lipinski definition) is 2. The van der Waals surface area contributed by atoms with Crippen molar-refractivity contribution in [3.05, 3.63) is 35.5 Å². The smallest absolute Gasteiger partial charge is 0.246 e. The van der Waals surface area contributed by atoms with Crippen LogP contribution in [-0.2, 0) is 16.0 Å². The van der Waals surface area contributed by atoms with Gasteiger partial charge >= 0.3 is 0 Å². The van der Waals surface area contributed by atoms with Gasteiger partial charge in [0, 0.05) is 29.1 Å². The van der Waals surface area contributed by atoms with E-state index in [-0.39, 0.29) is 36.5 Å². The number of para-hydroxylation sites is 1. The molecule has 5 rings (SSSR count). The van der Waals surface area contributed by atoms with Crippen molar-refractivity contribution < 1.29 is 9.59 Å². The van der Waals surface area contributed by atoms with Gasteiger partial charge in [0.15, 0.2) is 0 Å². The topological polar surface area (TPSA) is 56.4 Å². The maximum absolute atomic E-state index is 13.2. The first-order valence-electron chi connectivity index (χ1n) is 9.36. The van der Waals surface area contributed by atoms with E-state index in [9.17, 15) is 9.59 Å². The van der Waals surface area contributed by atoms with Gasteiger partial charge in [0.25, 0.3) is 0 Å². The second-order valence-corrected chi connectivity index (χ2v) is 7.66. The summed E-state index contributed by atoms with van der Waals surface area (Å²) in [5, 5.41) is 1.18. The molecule has 1 N–H and O–H groups in total. The van der Waals surface area contributed by atoms with Crippen LogP contribution in [0.2, 0.25) is 0 Å². The molecule has 1 aromatic carbocycles. The zero-order chi connectivity index (χ0) is 17.1. The summed E-state index contributed by atoms with van der Waals surface area (Å²) in [4.78, 5) is 33.3. The van der Waals surface area contributed by atoms with Gasteiger partial charge in [0.05, 0.1) is 6.04 Å². The number of aromatic amines is 1. The minimum Gasteiger partial charge on any atom is -0.356 e. The lowest BCUT2D eigenvalue weighted by Crippen LogP contribution is -2.64. The van der Waals surface area contributed by atoms with Gasteiger partial charge in [-0.2, -0.15) is 0 Å². The summed E-state index contributed by atoms with van der Waals surface area (Å²) in [6, 6.07) is 8.06. The zero-order valence-corrected chi connectivity index (χ0v) is 14.5. The van der Waals surface area contributed by atoms with E-state index >= 15 is 0 Å². The van der Waals surface area contributed by atoms with Gasteiger partial charge in [-0.3, -0.25) is 9.59 Å². The van der Waals surface area contributed by atoms with E-state index in [1.165, 1.54) is 23.8 Å². The molecule has 3 heterocycles. The summed E-state index contributed by atoms with van der Waals surface area (Å²) < 4.78 is 0. The van der Waals surface area contributed by atoms with E-state index < -0.39 is 0 Å². The number of nitrogens with zero attached hydrogens (tertiary/aromatic N) is 2. The van der Waals surface area contributed by atoms with Crippen LogP contribution >= 0.6 is 0 Å². The summed E-state index contributed by atoms with van der Waals surface area (Å²) in [6.45, 7) is 2.29. The van der Waals surface area contributed by atoms with Crippen LogP contribution in [-0.4, -0.2) is 45.2 Å². The van der Waals surface area contributed by atoms with Crippen LogP contribution in [0.25, 0.3) is 10.9 Å². The third kappa shape index (κ3) is 2.08. The highest BCUT2D eigenvalue weighted by Gasteiger charge is 2.47. The number of piperazine rings is 1. The number of amides is 2. The average molecular weight is 337 g/mol. The average Bonchev–Trinajstić information content (AvgIpc) is 3.26. The molecule has 1 aliphatic carbocycles. The molecule has 2 amide bonds. The van der Waals surface area contributed by atoms with Gasteiger partial charge in [-0.05, 0) is 31.4 Å². The van der Waals surface area contributed by atoms with Gasteiger partial charge in [-0.15, -0.1) is 0 Å². The van der Waals surface area contributed by atoms with Gasteiger partial charge in [-0.25, -0.2) is 0 Å². The van der Waals surface area contributed by atoms with Gasteiger partial charge < -0.3 is 14.8 Å². The van der Waals surface area contributed by atoms with Crippen molar-refractivity contribution in [1.29, 1.82) is 0 Å². The molecule has 1 unspecified atom stereocenters. The molecule has 1 saturated carbocycles. The van der Waals surface area contributed by atoms with Crippen LogP contribution in [0.5, 0.6) is 0 Å². The standard InChI is InChI=1S/C20H23N3O2/c1-12-19-15(14-8-4-5-9-16(14)21-19)10-17-20(25)22(11-18(24)23(12)17)13-6-2-3-7-13/h4-5,8-9,12-13,17,21H,2-3,6-7,10-11H2,1H3/t12?,17-/m0/s1. The minimum absolute atomic E-state index is 0.0803. The monoisotopic (exact) mass is 337 g/mol. The zero-order valence-electron chi connectivity index (χ0n) is 14.5. The Balaban J connectivity index is 1.57. The molecule has 1 saturated heterocycles. The molecular formula is C20H23N3O2. The molecular weight excluding hydrogens is 314 g/mol. The predicted octanol–water partition coefficient (Wildman–Crippen LogP) is 2.77. The van der Waals surface area contributed by atoms with Crippen molar-refractivity contribution in [3.8, 4) is 0 Å². The molecule has 0 bridgehead atoms. The van der Waals surface area contributed by atoms with E-state index in [0.29, 0.717) is 6.42 Å². The van der Waals surface area contributed by atoms with Crippen LogP contribution in [0.4, 0.5) is 0 Å². The number of aromatic nitrogens is 1. The second kappa shape index (κ2) is 5.35. The summed E-state index contributed by atoms with van der Waals surface area (Å²) in [7, 11) is 0. The number of benzene rings is 1. The second-order valence-electron chi connectivity index (χ2n) is 7.66. The summed E-state index contributed by atoms with van der Waals surface area (Å²) in [5.74, 6) is 0.239. The Morgan fingerprint density at radius 1 is 1.12 bits per heavy atom. The molecule has 5 heteroatoms. The van der Waals surface area contributed by atoms with Crippen molar-refractivity contribution in [1.82, 2.24) is 14.8 Å². The maximum atomic E-state index is 13.2. The normalized spacial score (nSPS) is 27.1. The Morgan fingerprint density at radius 3 is 2.68 bits per heavy atom. The van der Waals surface area contributed by atoms with Crippen molar-refractivity contribution in [2.24, 2.45) is 0 Å². The fourth-order valence-corrected chi connectivity index (χ4v) is 5.12. The molecule has 2 aromatic rings. The number of carbonyl (C=O) groups excluding carboxylic acids is 2. The Bertz CT molecular complexity index is 865. The summed E-state index contributed by atoms with van der Waals surface area (Å²) in [5.41, 5.74) is 3.39. The largest absolute Gasteiger partial charge is 0.356 e. The van der Waals surface area contributed by atoms with E-state index in [0.717, 1.165) is 24.1 Å². The number of hydrogen-bond donors (Lipinski definition) is 1. The number of H-pyrrole nitrogens is 1. The van der Waals surface area contributed by atoms with Gasteiger partial charge in [0.2, 0.25) is 11.8 Å². The van der Waals surface area contributed by atoms with Gasteiger partial charge in [0.1, 0.15) is 12.6 Å². The van der Waals surface area contributed by atoms with Gasteiger partial charge in [-0.1, -0.05) is 31.0 Å². The summed E-state index contributed by atoms with van der Waals surface area (Å²) >= 11 is 0. The Morgan fingerprint density at radius 2 is 1.88 bits per heavy atom. The Kier molecular flexibility index (Phi) is 3.21. The fourth-order valence-electron chi connectivity index (χ4n) is 5.12. The fraction of sp³-hybridized carbons (Fsp3) is 0.500. The highest BCUT2D eigenvalue weighted by Crippen LogP contribution is 2.39. The van der Waals surface area contributed by atoms with E-state index in [1.807, 2.05) is 28.9 Å². The number of nitrogens with one attached hydrogen (secondary N) is 1. The molecule has 2 aliphatic heterocycles. The number of fused-ring (bicyclic) bond motifs is 4. The molecule has 3 aliphatic rings. The molecule has 2 atom stereocenters. The number of rotatable bonds is 1. The van der Waals surface area contributed by atoms with E-state index in [1.54, 1.807) is 0 Å². The molecule has 1 aromatic heterocycles. The molecule has 0 spiro atoms. The maximum Gasteiger partial charge on any atom is 0.246 e. The molecule has 0 radical (unpaired) electrons. The van der Waals surface area contributed by atoms with Crippen molar-refractivity contribution in [3.63, 3.8) is 0 Å². The van der Waals surface area contributed by atoms with Crippen LogP contribution in [0.3, 0.4) is 0 Å². The lowest BCUT2D eigenvalue weighted by atomic mass is 9.89. The molecule has 25 heavy (non-hydrogen) atoms. The van der Waals surface area contributed by atoms with Crippen molar-refractivity contribution in [2.45, 2.75) is 57.2 Å². The molecule has 2 fully saturated rings. The first kappa shape index (κ1) is 15.0. The molecule has 130 valence electrons. The SMILES string of the molecule is CC1c2[nH]c3ccccc3c2C[C@H]2C(=O)N(C3CCCC3)CC(=O)N12. The van der Waals surface area contributed by atoms with Crippen LogP contribution in [0.1, 0.15) is 49.9 Å². The Hall–Kier alpha value is -2.30. The van der Waals surface area contributed by atoms with Crippen molar-refractivity contribution >= 4 is 22.7 Å².